The molecule has 0 bridgehead atoms. The Balaban J connectivity index is 1.29. The number of likely N-dealkylation sites (tertiary alicyclic amines) is 1. The fourth-order valence-electron chi connectivity index (χ4n) is 4.07. The molecule has 4 rings (SSSR count). The van der Waals surface area contributed by atoms with Gasteiger partial charge in [0.15, 0.2) is 28.4 Å². The number of nitrogens with one attached hydrogen (secondary N) is 2. The van der Waals surface area contributed by atoms with Crippen molar-refractivity contribution in [2.75, 3.05) is 37.6 Å². The van der Waals surface area contributed by atoms with E-state index in [-0.39, 0.29) is 28.0 Å². The molecule has 2 aliphatic rings. The topological polar surface area (TPSA) is 135 Å². The monoisotopic (exact) mass is 442 g/mol. The maximum Gasteiger partial charge on any atom is 0.302 e. The van der Waals surface area contributed by atoms with Gasteiger partial charge in [0.2, 0.25) is 0 Å². The molecule has 1 spiro atoms. The van der Waals surface area contributed by atoms with E-state index in [4.69, 9.17) is 23.1 Å². The van der Waals surface area contributed by atoms with Crippen molar-refractivity contribution in [3.05, 3.63) is 46.7 Å². The SMILES string of the molecule is Nc1nc(N)c(C(=O)/N=C2\NCC3(CCN(CCCc4ccccc4)CC3)N2)nc1Cl. The summed E-state index contributed by atoms with van der Waals surface area (Å²) in [6.45, 7) is 3.84. The normalized spacial score (nSPS) is 19.3. The zero-order chi connectivity index (χ0) is 21.8. The third-order valence-electron chi connectivity index (χ3n) is 5.89. The molecule has 2 aromatic rings. The summed E-state index contributed by atoms with van der Waals surface area (Å²) in [7, 11) is 0. The molecule has 0 saturated carbocycles. The molecule has 164 valence electrons. The number of nitrogen functional groups attached to an aromatic ring is 2. The van der Waals surface area contributed by atoms with Gasteiger partial charge in [-0.25, -0.2) is 9.97 Å². The number of hydrogen-bond acceptors (Lipinski definition) is 6. The highest BCUT2D eigenvalue weighted by Gasteiger charge is 2.39. The van der Waals surface area contributed by atoms with Crippen molar-refractivity contribution in [3.8, 4) is 0 Å². The van der Waals surface area contributed by atoms with Crippen LogP contribution in [-0.2, 0) is 6.42 Å². The summed E-state index contributed by atoms with van der Waals surface area (Å²) in [5, 5.41) is 6.53. The van der Waals surface area contributed by atoms with Crippen molar-refractivity contribution < 1.29 is 4.79 Å². The van der Waals surface area contributed by atoms with E-state index in [0.29, 0.717) is 5.96 Å². The number of rotatable bonds is 5. The summed E-state index contributed by atoms with van der Waals surface area (Å²) in [5.74, 6) is -0.295. The minimum absolute atomic E-state index is 0.0185. The highest BCUT2D eigenvalue weighted by molar-refractivity contribution is 6.31. The smallest absolute Gasteiger partial charge is 0.302 e. The first-order valence-electron chi connectivity index (χ1n) is 10.4. The Morgan fingerprint density at radius 1 is 1.16 bits per heavy atom. The Morgan fingerprint density at radius 3 is 2.65 bits per heavy atom. The average Bonchev–Trinajstić information content (AvgIpc) is 3.15. The molecule has 0 unspecified atom stereocenters. The van der Waals surface area contributed by atoms with Crippen LogP contribution in [0, 0.1) is 0 Å². The molecule has 10 heteroatoms. The first-order chi connectivity index (χ1) is 14.9. The van der Waals surface area contributed by atoms with E-state index >= 15 is 0 Å². The number of halogens is 1. The standard InChI is InChI=1S/C21H27ClN8O/c22-16-18(24)27-17(23)15(26-16)19(31)28-20-25-13-21(29-20)8-11-30(12-9-21)10-4-7-14-5-2-1-3-6-14/h1-3,5-6H,4,7-13H2,(H4,23,24,27)(H2,25,28,29,31). The number of nitrogens with zero attached hydrogens (tertiary/aromatic N) is 4. The third-order valence-corrected chi connectivity index (χ3v) is 6.17. The highest BCUT2D eigenvalue weighted by atomic mass is 35.5. The lowest BCUT2D eigenvalue weighted by Gasteiger charge is -2.38. The van der Waals surface area contributed by atoms with Crippen LogP contribution >= 0.6 is 11.6 Å². The fraction of sp³-hybridized carbons (Fsp3) is 0.429. The molecule has 1 aromatic carbocycles. The van der Waals surface area contributed by atoms with Crippen LogP contribution in [0.4, 0.5) is 11.6 Å². The molecule has 2 saturated heterocycles. The molecular weight excluding hydrogens is 416 g/mol. The van der Waals surface area contributed by atoms with Gasteiger partial charge in [0.05, 0.1) is 5.54 Å². The second-order valence-electron chi connectivity index (χ2n) is 8.09. The molecule has 6 N–H and O–H groups in total. The molecular formula is C21H27ClN8O. The summed E-state index contributed by atoms with van der Waals surface area (Å²) < 4.78 is 0. The number of benzene rings is 1. The molecule has 9 nitrogen and oxygen atoms in total. The number of carbonyl (C=O) groups is 1. The zero-order valence-corrected chi connectivity index (χ0v) is 18.0. The minimum atomic E-state index is -0.614. The van der Waals surface area contributed by atoms with Gasteiger partial charge >= 0.3 is 5.91 Å². The van der Waals surface area contributed by atoms with Gasteiger partial charge in [0.25, 0.3) is 0 Å². The van der Waals surface area contributed by atoms with Crippen LogP contribution in [0.15, 0.2) is 35.3 Å². The number of aliphatic imine (C=N–C) groups is 1. The predicted octanol–water partition coefficient (Wildman–Crippen LogP) is 1.45. The number of piperidine rings is 1. The van der Waals surface area contributed by atoms with Crippen LogP contribution in [0.25, 0.3) is 0 Å². The molecule has 0 aliphatic carbocycles. The van der Waals surface area contributed by atoms with Gasteiger partial charge in [-0.1, -0.05) is 41.9 Å². The van der Waals surface area contributed by atoms with E-state index in [1.54, 1.807) is 0 Å². The third kappa shape index (κ3) is 5.05. The van der Waals surface area contributed by atoms with Gasteiger partial charge in [-0.3, -0.25) is 4.79 Å². The summed E-state index contributed by atoms with van der Waals surface area (Å²) in [6.07, 6.45) is 4.21. The van der Waals surface area contributed by atoms with Crippen LogP contribution in [0.2, 0.25) is 5.15 Å². The van der Waals surface area contributed by atoms with Crippen LogP contribution in [0.5, 0.6) is 0 Å². The Bertz CT molecular complexity index is 973. The number of nitrogens with two attached hydrogens (primary N) is 2. The van der Waals surface area contributed by atoms with Crippen molar-refractivity contribution in [1.29, 1.82) is 0 Å². The Morgan fingerprint density at radius 2 is 1.90 bits per heavy atom. The van der Waals surface area contributed by atoms with Gasteiger partial charge in [-0.05, 0) is 37.8 Å². The Kier molecular flexibility index (Phi) is 6.24. The van der Waals surface area contributed by atoms with E-state index in [2.05, 4.69) is 60.8 Å². The van der Waals surface area contributed by atoms with E-state index < -0.39 is 5.91 Å². The second-order valence-corrected chi connectivity index (χ2v) is 8.45. The van der Waals surface area contributed by atoms with E-state index in [1.807, 2.05) is 0 Å². The maximum atomic E-state index is 12.5. The molecule has 2 aliphatic heterocycles. The number of anilines is 2. The van der Waals surface area contributed by atoms with Crippen molar-refractivity contribution in [2.45, 2.75) is 31.2 Å². The summed E-state index contributed by atoms with van der Waals surface area (Å²) in [4.78, 5) is 26.8. The average molecular weight is 443 g/mol. The van der Waals surface area contributed by atoms with Crippen molar-refractivity contribution >= 4 is 35.1 Å². The number of guanidine groups is 1. The van der Waals surface area contributed by atoms with Gasteiger partial charge < -0.3 is 27.0 Å². The maximum absolute atomic E-state index is 12.5. The molecule has 0 radical (unpaired) electrons. The highest BCUT2D eigenvalue weighted by Crippen LogP contribution is 2.25. The molecule has 2 fully saturated rings. The van der Waals surface area contributed by atoms with Crippen molar-refractivity contribution in [1.82, 2.24) is 25.5 Å². The van der Waals surface area contributed by atoms with Gasteiger partial charge in [0, 0.05) is 19.6 Å². The molecule has 1 amide bonds. The quantitative estimate of drug-likeness (QED) is 0.546. The Labute approximate surface area is 186 Å². The lowest BCUT2D eigenvalue weighted by atomic mass is 9.88. The predicted molar refractivity (Wildman–Crippen MR) is 122 cm³/mol. The number of aryl methyl sites for hydroxylation is 1. The molecule has 31 heavy (non-hydrogen) atoms. The second kappa shape index (κ2) is 9.07. The van der Waals surface area contributed by atoms with E-state index in [0.717, 1.165) is 51.9 Å². The first-order valence-corrected chi connectivity index (χ1v) is 10.8. The number of carbonyl (C=O) groups excluding carboxylic acids is 1. The largest absolute Gasteiger partial charge is 0.382 e. The number of amides is 1. The van der Waals surface area contributed by atoms with Crippen molar-refractivity contribution in [3.63, 3.8) is 0 Å². The van der Waals surface area contributed by atoms with E-state index in [1.165, 1.54) is 5.56 Å². The van der Waals surface area contributed by atoms with Crippen LogP contribution in [0.3, 0.4) is 0 Å². The van der Waals surface area contributed by atoms with Crippen LogP contribution < -0.4 is 22.1 Å². The van der Waals surface area contributed by atoms with E-state index in [9.17, 15) is 4.79 Å². The van der Waals surface area contributed by atoms with Gasteiger partial charge in [-0.2, -0.15) is 4.99 Å². The van der Waals surface area contributed by atoms with Crippen LogP contribution in [-0.4, -0.2) is 58.5 Å². The number of hydrogen-bond donors (Lipinski definition) is 4. The van der Waals surface area contributed by atoms with Gasteiger partial charge in [0.1, 0.15) is 0 Å². The molecule has 0 atom stereocenters. The summed E-state index contributed by atoms with van der Waals surface area (Å²) in [5.41, 5.74) is 12.5. The molecule has 3 heterocycles. The zero-order valence-electron chi connectivity index (χ0n) is 17.3. The summed E-state index contributed by atoms with van der Waals surface area (Å²) in [6, 6.07) is 10.6. The lowest BCUT2D eigenvalue weighted by molar-refractivity contribution is 0.0998. The molecule has 1 aromatic heterocycles. The Hall–Kier alpha value is -2.91. The van der Waals surface area contributed by atoms with Crippen LogP contribution in [0.1, 0.15) is 35.3 Å². The lowest BCUT2D eigenvalue weighted by Crippen LogP contribution is -2.52. The minimum Gasteiger partial charge on any atom is -0.382 e. The van der Waals surface area contributed by atoms with Crippen molar-refractivity contribution in [2.24, 2.45) is 4.99 Å². The fourth-order valence-corrected chi connectivity index (χ4v) is 4.20. The van der Waals surface area contributed by atoms with Gasteiger partial charge in [-0.15, -0.1) is 0 Å². The first kappa shape index (κ1) is 21.3. The summed E-state index contributed by atoms with van der Waals surface area (Å²) >= 11 is 5.86. The number of aromatic nitrogens is 2.